The number of unbranched alkanes of at least 4 members (excludes halogenated alkanes) is 2. The average Bonchev–Trinajstić information content (AvgIpc) is 3.12. The van der Waals surface area contributed by atoms with E-state index in [9.17, 15) is 9.59 Å². The van der Waals surface area contributed by atoms with E-state index in [1.165, 1.54) is 11.8 Å². The number of halogens is 2. The summed E-state index contributed by atoms with van der Waals surface area (Å²) in [4.78, 5) is 26.7. The highest BCUT2D eigenvalue weighted by molar-refractivity contribution is 9.10. The standard InChI is InChI=1S/C27H29Br2NO5S2/c1-3-33-22-15-19(14-21(29)25(22)35-17-18-9-11-20(28)12-10-18)16-23-26(32)30(27(36)37-23)13-7-5-6-8-24(31)34-4-2/h9-12,14-16H,3-8,13,17H2,1-2H3/b23-16+. The molecule has 10 heteroatoms. The van der Waals surface area contributed by atoms with Crippen LogP contribution in [0.3, 0.4) is 0 Å². The summed E-state index contributed by atoms with van der Waals surface area (Å²) in [6.07, 6.45) is 4.54. The van der Waals surface area contributed by atoms with E-state index in [0.29, 0.717) is 53.5 Å². The molecule has 1 aliphatic heterocycles. The van der Waals surface area contributed by atoms with Crippen LogP contribution >= 0.6 is 55.8 Å². The van der Waals surface area contributed by atoms with Gasteiger partial charge in [0, 0.05) is 17.4 Å². The largest absolute Gasteiger partial charge is 0.490 e. The van der Waals surface area contributed by atoms with Crippen molar-refractivity contribution in [2.45, 2.75) is 46.1 Å². The Morgan fingerprint density at radius 3 is 2.51 bits per heavy atom. The number of esters is 1. The second kappa shape index (κ2) is 14.9. The molecule has 0 atom stereocenters. The Bertz CT molecular complexity index is 1150. The summed E-state index contributed by atoms with van der Waals surface area (Å²) < 4.78 is 19.2. The van der Waals surface area contributed by atoms with Crippen molar-refractivity contribution in [3.63, 3.8) is 0 Å². The van der Waals surface area contributed by atoms with Gasteiger partial charge in [-0.25, -0.2) is 0 Å². The van der Waals surface area contributed by atoms with E-state index < -0.39 is 0 Å². The first-order valence-electron chi connectivity index (χ1n) is 12.1. The van der Waals surface area contributed by atoms with Gasteiger partial charge in [-0.2, -0.15) is 0 Å². The molecule has 0 unspecified atom stereocenters. The molecule has 198 valence electrons. The Balaban J connectivity index is 1.65. The molecule has 2 aromatic carbocycles. The van der Waals surface area contributed by atoms with Crippen molar-refractivity contribution < 1.29 is 23.8 Å². The Labute approximate surface area is 244 Å². The molecule has 1 amide bonds. The minimum Gasteiger partial charge on any atom is -0.490 e. The topological polar surface area (TPSA) is 65.1 Å². The molecular formula is C27H29Br2NO5S2. The van der Waals surface area contributed by atoms with Crippen LogP contribution in [0.1, 0.15) is 50.7 Å². The quantitative estimate of drug-likeness (QED) is 0.0946. The number of thiocarbonyl (C=S) groups is 1. The smallest absolute Gasteiger partial charge is 0.305 e. The van der Waals surface area contributed by atoms with Gasteiger partial charge in [-0.05, 0) is 84.1 Å². The normalized spacial score (nSPS) is 14.4. The highest BCUT2D eigenvalue weighted by atomic mass is 79.9. The summed E-state index contributed by atoms with van der Waals surface area (Å²) in [6, 6.07) is 11.7. The maximum atomic E-state index is 13.0. The number of nitrogens with zero attached hydrogens (tertiary/aromatic N) is 1. The molecule has 0 spiro atoms. The Hall–Kier alpha value is -1.88. The van der Waals surface area contributed by atoms with Crippen molar-refractivity contribution in [1.29, 1.82) is 0 Å². The van der Waals surface area contributed by atoms with Crippen molar-refractivity contribution in [2.75, 3.05) is 19.8 Å². The summed E-state index contributed by atoms with van der Waals surface area (Å²) in [5.74, 6) is 0.915. The predicted octanol–water partition coefficient (Wildman–Crippen LogP) is 7.51. The third-order valence-electron chi connectivity index (χ3n) is 5.37. The summed E-state index contributed by atoms with van der Waals surface area (Å²) in [6.45, 7) is 5.50. The first-order chi connectivity index (χ1) is 17.8. The number of benzene rings is 2. The molecule has 0 aromatic heterocycles. The molecule has 2 aromatic rings. The van der Waals surface area contributed by atoms with Crippen molar-refractivity contribution >= 4 is 78.1 Å². The van der Waals surface area contributed by atoms with Gasteiger partial charge in [-0.15, -0.1) is 0 Å². The van der Waals surface area contributed by atoms with Crippen molar-refractivity contribution in [3.05, 3.63) is 61.4 Å². The number of ether oxygens (including phenoxy) is 3. The lowest BCUT2D eigenvalue weighted by Gasteiger charge is -2.15. The number of thioether (sulfide) groups is 1. The van der Waals surface area contributed by atoms with Crippen LogP contribution in [-0.2, 0) is 20.9 Å². The zero-order valence-electron chi connectivity index (χ0n) is 20.8. The molecular weight excluding hydrogens is 642 g/mol. The second-order valence-electron chi connectivity index (χ2n) is 8.13. The summed E-state index contributed by atoms with van der Waals surface area (Å²) in [5.41, 5.74) is 1.84. The number of rotatable bonds is 13. The van der Waals surface area contributed by atoms with E-state index >= 15 is 0 Å². The van der Waals surface area contributed by atoms with Gasteiger partial charge in [0.15, 0.2) is 11.5 Å². The molecule has 1 saturated heterocycles. The Kier molecular flexibility index (Phi) is 11.9. The Morgan fingerprint density at radius 2 is 1.81 bits per heavy atom. The zero-order valence-corrected chi connectivity index (χ0v) is 25.6. The highest BCUT2D eigenvalue weighted by Crippen LogP contribution is 2.40. The van der Waals surface area contributed by atoms with Gasteiger partial charge in [0.2, 0.25) is 0 Å². The second-order valence-corrected chi connectivity index (χ2v) is 11.6. The molecule has 0 saturated carbocycles. The van der Waals surface area contributed by atoms with E-state index in [-0.39, 0.29) is 11.9 Å². The van der Waals surface area contributed by atoms with E-state index in [4.69, 9.17) is 26.4 Å². The SMILES string of the molecule is CCOC(=O)CCCCCN1C(=O)/C(=C\c2cc(Br)c(OCc3ccc(Br)cc3)c(OCC)c2)SC1=S. The fraction of sp³-hybridized carbons (Fsp3) is 0.370. The van der Waals surface area contributed by atoms with Crippen LogP contribution in [0, 0.1) is 0 Å². The van der Waals surface area contributed by atoms with Gasteiger partial charge in [-0.3, -0.25) is 14.5 Å². The van der Waals surface area contributed by atoms with Gasteiger partial charge in [0.25, 0.3) is 5.91 Å². The van der Waals surface area contributed by atoms with E-state index in [0.717, 1.165) is 39.3 Å². The van der Waals surface area contributed by atoms with E-state index in [1.807, 2.05) is 49.4 Å². The molecule has 0 bridgehead atoms. The van der Waals surface area contributed by atoms with Crippen LogP contribution in [0.25, 0.3) is 6.08 Å². The molecule has 1 fully saturated rings. The number of carbonyl (C=O) groups excluding carboxylic acids is 2. The zero-order chi connectivity index (χ0) is 26.8. The molecule has 0 radical (unpaired) electrons. The molecule has 0 N–H and O–H groups in total. The molecule has 0 aliphatic carbocycles. The third-order valence-corrected chi connectivity index (χ3v) is 7.86. The monoisotopic (exact) mass is 669 g/mol. The summed E-state index contributed by atoms with van der Waals surface area (Å²) in [7, 11) is 0. The van der Waals surface area contributed by atoms with Crippen molar-refractivity contribution in [3.8, 4) is 11.5 Å². The maximum absolute atomic E-state index is 13.0. The van der Waals surface area contributed by atoms with Crippen molar-refractivity contribution in [1.82, 2.24) is 4.90 Å². The third kappa shape index (κ3) is 8.84. The Morgan fingerprint density at radius 1 is 1.05 bits per heavy atom. The van der Waals surface area contributed by atoms with Gasteiger partial charge in [-0.1, -0.05) is 58.5 Å². The first-order valence-corrected chi connectivity index (χ1v) is 14.9. The lowest BCUT2D eigenvalue weighted by Crippen LogP contribution is -2.29. The van der Waals surface area contributed by atoms with E-state index in [2.05, 4.69) is 31.9 Å². The lowest BCUT2D eigenvalue weighted by atomic mass is 10.1. The van der Waals surface area contributed by atoms with Crippen LogP contribution in [0.2, 0.25) is 0 Å². The molecule has 3 rings (SSSR count). The lowest BCUT2D eigenvalue weighted by molar-refractivity contribution is -0.143. The number of hydrogen-bond donors (Lipinski definition) is 0. The predicted molar refractivity (Wildman–Crippen MR) is 159 cm³/mol. The molecule has 6 nitrogen and oxygen atoms in total. The van der Waals surface area contributed by atoms with Crippen LogP contribution < -0.4 is 9.47 Å². The van der Waals surface area contributed by atoms with Crippen LogP contribution in [0.5, 0.6) is 11.5 Å². The summed E-state index contributed by atoms with van der Waals surface area (Å²) >= 11 is 13.8. The maximum Gasteiger partial charge on any atom is 0.305 e. The minimum absolute atomic E-state index is 0.106. The summed E-state index contributed by atoms with van der Waals surface area (Å²) in [5, 5.41) is 0. The fourth-order valence-electron chi connectivity index (χ4n) is 3.60. The first kappa shape index (κ1) is 29.7. The van der Waals surface area contributed by atoms with Crippen LogP contribution in [0.4, 0.5) is 0 Å². The number of amides is 1. The average molecular weight is 671 g/mol. The van der Waals surface area contributed by atoms with Crippen LogP contribution in [-0.4, -0.2) is 40.9 Å². The molecule has 1 heterocycles. The van der Waals surface area contributed by atoms with Gasteiger partial charge >= 0.3 is 5.97 Å². The van der Waals surface area contributed by atoms with Gasteiger partial charge in [0.05, 0.1) is 22.6 Å². The highest BCUT2D eigenvalue weighted by Gasteiger charge is 2.31. The van der Waals surface area contributed by atoms with Gasteiger partial charge < -0.3 is 14.2 Å². The van der Waals surface area contributed by atoms with Crippen molar-refractivity contribution in [2.24, 2.45) is 0 Å². The number of hydrogen-bond acceptors (Lipinski definition) is 7. The molecule has 37 heavy (non-hydrogen) atoms. The van der Waals surface area contributed by atoms with Gasteiger partial charge in [0.1, 0.15) is 10.9 Å². The number of carbonyl (C=O) groups is 2. The fourth-order valence-corrected chi connectivity index (χ4v) is 5.75. The van der Waals surface area contributed by atoms with Crippen LogP contribution in [0.15, 0.2) is 50.2 Å². The molecule has 1 aliphatic rings. The van der Waals surface area contributed by atoms with E-state index in [1.54, 1.807) is 11.8 Å². The minimum atomic E-state index is -0.182.